The molecule has 1 N–H and O–H groups in total. The van der Waals surface area contributed by atoms with Crippen LogP contribution < -0.4 is 5.56 Å². The average molecular weight is 242 g/mol. The van der Waals surface area contributed by atoms with E-state index in [0.717, 1.165) is 5.39 Å². The molecule has 1 heterocycles. The Labute approximate surface area is 81.5 Å². The van der Waals surface area contributed by atoms with Crippen molar-refractivity contribution >= 4 is 26.7 Å². The summed E-state index contributed by atoms with van der Waals surface area (Å²) in [6, 6.07) is 5.86. The van der Waals surface area contributed by atoms with Gasteiger partial charge in [0.1, 0.15) is 5.82 Å². The molecule has 2 rings (SSSR count). The van der Waals surface area contributed by atoms with E-state index < -0.39 is 5.82 Å². The van der Waals surface area contributed by atoms with Crippen molar-refractivity contribution in [1.82, 2.24) is 4.98 Å². The zero-order valence-electron chi connectivity index (χ0n) is 6.47. The van der Waals surface area contributed by atoms with Gasteiger partial charge in [-0.3, -0.25) is 4.79 Å². The van der Waals surface area contributed by atoms with Crippen LogP contribution in [0.4, 0.5) is 4.39 Å². The maximum atomic E-state index is 12.8. The zero-order chi connectivity index (χ0) is 9.42. The van der Waals surface area contributed by atoms with Crippen LogP contribution in [0.25, 0.3) is 10.8 Å². The molecule has 0 saturated carbocycles. The Balaban J connectivity index is 2.95. The number of hydrogen-bond donors (Lipinski definition) is 1. The summed E-state index contributed by atoms with van der Waals surface area (Å²) in [6.07, 6.45) is 0. The van der Waals surface area contributed by atoms with Crippen LogP contribution >= 0.6 is 15.9 Å². The van der Waals surface area contributed by atoms with Crippen molar-refractivity contribution in [3.05, 3.63) is 45.0 Å². The third kappa shape index (κ3) is 1.49. The summed E-state index contributed by atoms with van der Waals surface area (Å²) in [7, 11) is 0. The van der Waals surface area contributed by atoms with Gasteiger partial charge < -0.3 is 4.98 Å². The predicted octanol–water partition coefficient (Wildman–Crippen LogP) is 2.43. The van der Waals surface area contributed by atoms with Crippen LogP contribution in [0, 0.1) is 5.82 Å². The molecule has 1 aromatic carbocycles. The maximum absolute atomic E-state index is 12.8. The lowest BCUT2D eigenvalue weighted by atomic mass is 10.2. The molecule has 0 fully saturated rings. The fourth-order valence-electron chi connectivity index (χ4n) is 1.20. The van der Waals surface area contributed by atoms with E-state index in [1.807, 2.05) is 0 Å². The number of aromatic amines is 1. The van der Waals surface area contributed by atoms with E-state index in [-0.39, 0.29) is 5.56 Å². The lowest BCUT2D eigenvalue weighted by Crippen LogP contribution is -2.05. The van der Waals surface area contributed by atoms with Crippen molar-refractivity contribution in [3.8, 4) is 0 Å². The summed E-state index contributed by atoms with van der Waals surface area (Å²) in [5.41, 5.74) is -0.288. The van der Waals surface area contributed by atoms with Gasteiger partial charge >= 0.3 is 0 Å². The van der Waals surface area contributed by atoms with Gasteiger partial charge in [0.15, 0.2) is 0 Å². The van der Waals surface area contributed by atoms with Gasteiger partial charge in [-0.2, -0.15) is 0 Å². The lowest BCUT2D eigenvalue weighted by molar-refractivity contribution is 0.629. The number of aromatic nitrogens is 1. The number of benzene rings is 1. The van der Waals surface area contributed by atoms with Crippen LogP contribution in [-0.2, 0) is 0 Å². The van der Waals surface area contributed by atoms with Gasteiger partial charge in [0.2, 0.25) is 0 Å². The molecule has 0 aliphatic heterocycles. The summed E-state index contributed by atoms with van der Waals surface area (Å²) in [6.45, 7) is 0. The Bertz CT molecular complexity index is 520. The number of halogens is 2. The number of fused-ring (bicyclic) bond motifs is 1. The fraction of sp³-hybridized carbons (Fsp3) is 0. The molecule has 0 saturated heterocycles. The number of pyridine rings is 1. The topological polar surface area (TPSA) is 32.9 Å². The van der Waals surface area contributed by atoms with E-state index in [4.69, 9.17) is 0 Å². The van der Waals surface area contributed by atoms with E-state index in [9.17, 15) is 9.18 Å². The highest BCUT2D eigenvalue weighted by Crippen LogP contribution is 2.14. The summed E-state index contributed by atoms with van der Waals surface area (Å²) in [4.78, 5) is 13.8. The van der Waals surface area contributed by atoms with E-state index in [0.29, 0.717) is 9.99 Å². The Morgan fingerprint density at radius 3 is 2.85 bits per heavy atom. The van der Waals surface area contributed by atoms with Crippen molar-refractivity contribution in [2.75, 3.05) is 0 Å². The quantitative estimate of drug-likeness (QED) is 0.707. The molecular weight excluding hydrogens is 237 g/mol. The third-order valence-corrected chi connectivity index (χ3v) is 2.20. The summed E-state index contributed by atoms with van der Waals surface area (Å²) in [5, 5.41) is 1.08. The van der Waals surface area contributed by atoms with Gasteiger partial charge in [0.25, 0.3) is 5.56 Å². The molecule has 0 spiro atoms. The van der Waals surface area contributed by atoms with E-state index >= 15 is 0 Å². The summed E-state index contributed by atoms with van der Waals surface area (Å²) >= 11 is 3.15. The molecule has 0 bridgehead atoms. The lowest BCUT2D eigenvalue weighted by Gasteiger charge is -1.97. The molecule has 0 aliphatic rings. The smallest absolute Gasteiger partial charge is 0.256 e. The highest BCUT2D eigenvalue weighted by Gasteiger charge is 2.00. The van der Waals surface area contributed by atoms with Gasteiger partial charge in [0.05, 0.1) is 4.60 Å². The van der Waals surface area contributed by atoms with Crippen LogP contribution in [0.15, 0.2) is 33.7 Å². The van der Waals surface area contributed by atoms with E-state index in [1.165, 1.54) is 12.1 Å². The number of hydrogen-bond acceptors (Lipinski definition) is 1. The number of rotatable bonds is 0. The Hall–Kier alpha value is -1.16. The Morgan fingerprint density at radius 2 is 2.08 bits per heavy atom. The molecule has 4 heteroatoms. The SMILES string of the molecule is O=c1[nH]c(Br)cc2ccc(F)cc12. The maximum Gasteiger partial charge on any atom is 0.256 e. The average Bonchev–Trinajstić information content (AvgIpc) is 2.06. The fourth-order valence-corrected chi connectivity index (χ4v) is 1.63. The van der Waals surface area contributed by atoms with Crippen LogP contribution in [0.2, 0.25) is 0 Å². The molecule has 66 valence electrons. The van der Waals surface area contributed by atoms with Gasteiger partial charge in [0, 0.05) is 5.39 Å². The molecular formula is C9H5BrFNO. The van der Waals surface area contributed by atoms with Crippen LogP contribution in [0.3, 0.4) is 0 Å². The molecule has 0 radical (unpaired) electrons. The highest BCUT2D eigenvalue weighted by molar-refractivity contribution is 9.10. The van der Waals surface area contributed by atoms with Crippen molar-refractivity contribution in [2.24, 2.45) is 0 Å². The molecule has 0 atom stereocenters. The molecule has 13 heavy (non-hydrogen) atoms. The second-order valence-electron chi connectivity index (χ2n) is 2.68. The number of nitrogens with one attached hydrogen (secondary N) is 1. The Kier molecular flexibility index (Phi) is 1.92. The normalized spacial score (nSPS) is 10.6. The van der Waals surface area contributed by atoms with Gasteiger partial charge in [-0.15, -0.1) is 0 Å². The largest absolute Gasteiger partial charge is 0.316 e. The minimum absolute atomic E-state index is 0.288. The standard InChI is InChI=1S/C9H5BrFNO/c10-8-3-5-1-2-6(11)4-7(5)9(13)12-8/h1-4H,(H,12,13). The van der Waals surface area contributed by atoms with Gasteiger partial charge in [-0.1, -0.05) is 6.07 Å². The first-order chi connectivity index (χ1) is 6.16. The van der Waals surface area contributed by atoms with Crippen LogP contribution in [-0.4, -0.2) is 4.98 Å². The summed E-state index contributed by atoms with van der Waals surface area (Å²) in [5.74, 6) is -0.402. The van der Waals surface area contributed by atoms with E-state index in [2.05, 4.69) is 20.9 Å². The summed E-state index contributed by atoms with van der Waals surface area (Å²) < 4.78 is 13.3. The highest BCUT2D eigenvalue weighted by atomic mass is 79.9. The minimum atomic E-state index is -0.402. The first-order valence-electron chi connectivity index (χ1n) is 3.65. The first kappa shape index (κ1) is 8.44. The monoisotopic (exact) mass is 241 g/mol. The number of H-pyrrole nitrogens is 1. The van der Waals surface area contributed by atoms with Crippen molar-refractivity contribution in [1.29, 1.82) is 0 Å². The van der Waals surface area contributed by atoms with Gasteiger partial charge in [-0.25, -0.2) is 4.39 Å². The molecule has 2 aromatic rings. The van der Waals surface area contributed by atoms with E-state index in [1.54, 1.807) is 12.1 Å². The predicted molar refractivity (Wildman–Crippen MR) is 52.2 cm³/mol. The first-order valence-corrected chi connectivity index (χ1v) is 4.44. The second-order valence-corrected chi connectivity index (χ2v) is 3.53. The minimum Gasteiger partial charge on any atom is -0.316 e. The third-order valence-electron chi connectivity index (χ3n) is 1.78. The molecule has 1 aromatic heterocycles. The van der Waals surface area contributed by atoms with Crippen molar-refractivity contribution < 1.29 is 4.39 Å². The molecule has 2 nitrogen and oxygen atoms in total. The molecule has 0 aliphatic carbocycles. The second kappa shape index (κ2) is 2.96. The van der Waals surface area contributed by atoms with Crippen molar-refractivity contribution in [2.45, 2.75) is 0 Å². The van der Waals surface area contributed by atoms with Crippen LogP contribution in [0.5, 0.6) is 0 Å². The van der Waals surface area contributed by atoms with Gasteiger partial charge in [-0.05, 0) is 39.5 Å². The Morgan fingerprint density at radius 1 is 1.31 bits per heavy atom. The molecule has 0 unspecified atom stereocenters. The van der Waals surface area contributed by atoms with Crippen molar-refractivity contribution in [3.63, 3.8) is 0 Å². The zero-order valence-corrected chi connectivity index (χ0v) is 8.06. The van der Waals surface area contributed by atoms with Crippen LogP contribution in [0.1, 0.15) is 0 Å². The molecule has 0 amide bonds.